The molecule has 1 saturated heterocycles. The lowest BCUT2D eigenvalue weighted by Gasteiger charge is -2.35. The second-order valence-corrected chi connectivity index (χ2v) is 4.89. The molecule has 0 radical (unpaired) electrons. The molecular formula is C11H15NO3S. The number of thiophene rings is 1. The molecule has 1 aliphatic heterocycles. The molecule has 1 aromatic rings. The van der Waals surface area contributed by atoms with Gasteiger partial charge in [0.2, 0.25) is 0 Å². The van der Waals surface area contributed by atoms with Crippen molar-refractivity contribution in [1.82, 2.24) is 4.90 Å². The zero-order chi connectivity index (χ0) is 11.5. The smallest absolute Gasteiger partial charge is 0.264 e. The molecule has 2 unspecified atom stereocenters. The van der Waals surface area contributed by atoms with Gasteiger partial charge in [0, 0.05) is 13.1 Å². The fourth-order valence-electron chi connectivity index (χ4n) is 1.87. The molecule has 1 N–H and O–H groups in total. The molecule has 2 rings (SSSR count). The van der Waals surface area contributed by atoms with E-state index in [2.05, 4.69) is 0 Å². The van der Waals surface area contributed by atoms with Gasteiger partial charge in [0.15, 0.2) is 0 Å². The molecule has 0 aliphatic carbocycles. The third-order valence-corrected chi connectivity index (χ3v) is 3.41. The Hall–Kier alpha value is -0.910. The highest BCUT2D eigenvalue weighted by Gasteiger charge is 2.28. The van der Waals surface area contributed by atoms with Crippen LogP contribution >= 0.6 is 11.3 Å². The average molecular weight is 241 g/mol. The van der Waals surface area contributed by atoms with E-state index in [1.165, 1.54) is 11.3 Å². The molecule has 1 aliphatic rings. The maximum atomic E-state index is 12.1. The molecule has 1 aromatic heterocycles. The number of hydrogen-bond donors (Lipinski definition) is 1. The lowest BCUT2D eigenvalue weighted by Crippen LogP contribution is -2.50. The predicted octanol–water partition coefficient (Wildman–Crippen LogP) is 0.970. The molecule has 16 heavy (non-hydrogen) atoms. The third kappa shape index (κ3) is 2.42. The van der Waals surface area contributed by atoms with Crippen molar-refractivity contribution < 1.29 is 14.6 Å². The Balaban J connectivity index is 2.06. The summed E-state index contributed by atoms with van der Waals surface area (Å²) in [5.41, 5.74) is 0. The molecule has 1 fully saturated rings. The Morgan fingerprint density at radius 3 is 3.12 bits per heavy atom. The molecule has 0 spiro atoms. The molecule has 5 heteroatoms. The van der Waals surface area contributed by atoms with Crippen molar-refractivity contribution in [2.45, 2.75) is 19.1 Å². The number of ether oxygens (including phenoxy) is 1. The number of nitrogens with zero attached hydrogens (tertiary/aromatic N) is 1. The highest BCUT2D eigenvalue weighted by molar-refractivity contribution is 7.12. The Bertz CT molecular complexity index is 352. The van der Waals surface area contributed by atoms with Gasteiger partial charge in [-0.3, -0.25) is 4.79 Å². The summed E-state index contributed by atoms with van der Waals surface area (Å²) in [6, 6.07) is 3.69. The number of hydrogen-bond acceptors (Lipinski definition) is 4. The number of morpholine rings is 1. The van der Waals surface area contributed by atoms with Crippen LogP contribution in [0.25, 0.3) is 0 Å². The first kappa shape index (κ1) is 11.6. The highest BCUT2D eigenvalue weighted by Crippen LogP contribution is 2.17. The molecular weight excluding hydrogens is 226 g/mol. The first-order valence-corrected chi connectivity index (χ1v) is 6.17. The van der Waals surface area contributed by atoms with Crippen molar-refractivity contribution in [1.29, 1.82) is 0 Å². The summed E-state index contributed by atoms with van der Waals surface area (Å²) in [7, 11) is 0. The van der Waals surface area contributed by atoms with Crippen LogP contribution in [-0.4, -0.2) is 47.8 Å². The predicted molar refractivity (Wildman–Crippen MR) is 61.6 cm³/mol. The average Bonchev–Trinajstić information content (AvgIpc) is 2.80. The number of aliphatic hydroxyl groups is 1. The summed E-state index contributed by atoms with van der Waals surface area (Å²) < 4.78 is 5.49. The van der Waals surface area contributed by atoms with Crippen LogP contribution in [0.1, 0.15) is 16.6 Å². The topological polar surface area (TPSA) is 49.8 Å². The van der Waals surface area contributed by atoms with E-state index in [4.69, 9.17) is 9.84 Å². The van der Waals surface area contributed by atoms with Crippen molar-refractivity contribution in [2.75, 3.05) is 19.7 Å². The van der Waals surface area contributed by atoms with Gasteiger partial charge in [-0.05, 0) is 18.4 Å². The van der Waals surface area contributed by atoms with Gasteiger partial charge < -0.3 is 14.7 Å². The monoisotopic (exact) mass is 241 g/mol. The summed E-state index contributed by atoms with van der Waals surface area (Å²) in [4.78, 5) is 14.6. The van der Waals surface area contributed by atoms with Crippen molar-refractivity contribution in [3.63, 3.8) is 0 Å². The van der Waals surface area contributed by atoms with Crippen LogP contribution in [0.5, 0.6) is 0 Å². The van der Waals surface area contributed by atoms with E-state index in [9.17, 15) is 4.79 Å². The van der Waals surface area contributed by atoms with Gasteiger partial charge >= 0.3 is 0 Å². The summed E-state index contributed by atoms with van der Waals surface area (Å²) in [5, 5.41) is 11.0. The Morgan fingerprint density at radius 2 is 2.50 bits per heavy atom. The minimum absolute atomic E-state index is 0.0187. The van der Waals surface area contributed by atoms with Crippen molar-refractivity contribution in [2.24, 2.45) is 0 Å². The minimum Gasteiger partial charge on any atom is -0.394 e. The molecule has 1 amide bonds. The molecule has 4 nitrogen and oxygen atoms in total. The maximum Gasteiger partial charge on any atom is 0.264 e. The number of rotatable bonds is 2. The Labute approximate surface area is 98.4 Å². The van der Waals surface area contributed by atoms with E-state index in [0.717, 1.165) is 4.88 Å². The quantitative estimate of drug-likeness (QED) is 0.839. The first-order valence-electron chi connectivity index (χ1n) is 5.30. The molecule has 2 heterocycles. The molecule has 88 valence electrons. The minimum atomic E-state index is -0.257. The summed E-state index contributed by atoms with van der Waals surface area (Å²) in [6.07, 6.45) is -0.275. The highest BCUT2D eigenvalue weighted by atomic mass is 32.1. The molecule has 0 saturated carbocycles. The summed E-state index contributed by atoms with van der Waals surface area (Å²) in [6.45, 7) is 2.93. The van der Waals surface area contributed by atoms with E-state index < -0.39 is 0 Å². The van der Waals surface area contributed by atoms with Gasteiger partial charge in [-0.15, -0.1) is 11.3 Å². The van der Waals surface area contributed by atoms with E-state index in [0.29, 0.717) is 13.1 Å². The standard InChI is InChI=1S/C11H15NO3S/c1-8-5-12(6-9(7-13)15-8)11(14)10-3-2-4-16-10/h2-4,8-9,13H,5-7H2,1H3. The number of carbonyl (C=O) groups is 1. The lowest BCUT2D eigenvalue weighted by atomic mass is 10.2. The van der Waals surface area contributed by atoms with Gasteiger partial charge in [-0.25, -0.2) is 0 Å². The number of carbonyl (C=O) groups excluding carboxylic acids is 1. The zero-order valence-electron chi connectivity index (χ0n) is 9.13. The Kier molecular flexibility index (Phi) is 3.58. The van der Waals surface area contributed by atoms with E-state index >= 15 is 0 Å². The van der Waals surface area contributed by atoms with Crippen molar-refractivity contribution in [3.8, 4) is 0 Å². The third-order valence-electron chi connectivity index (χ3n) is 2.55. The molecule has 0 bridgehead atoms. The first-order chi connectivity index (χ1) is 7.70. The van der Waals surface area contributed by atoms with Crippen molar-refractivity contribution >= 4 is 17.2 Å². The van der Waals surface area contributed by atoms with E-state index in [1.54, 1.807) is 4.90 Å². The molecule has 0 aromatic carbocycles. The van der Waals surface area contributed by atoms with Crippen LogP contribution in [0.15, 0.2) is 17.5 Å². The van der Waals surface area contributed by atoms with Crippen LogP contribution < -0.4 is 0 Å². The van der Waals surface area contributed by atoms with Crippen molar-refractivity contribution in [3.05, 3.63) is 22.4 Å². The number of amides is 1. The Morgan fingerprint density at radius 1 is 1.69 bits per heavy atom. The summed E-state index contributed by atoms with van der Waals surface area (Å²) in [5.74, 6) is 0.0311. The van der Waals surface area contributed by atoms with E-state index in [1.807, 2.05) is 24.4 Å². The lowest BCUT2D eigenvalue weighted by molar-refractivity contribution is -0.0857. The largest absolute Gasteiger partial charge is 0.394 e. The van der Waals surface area contributed by atoms with Crippen LogP contribution in [0.2, 0.25) is 0 Å². The fraction of sp³-hybridized carbons (Fsp3) is 0.545. The maximum absolute atomic E-state index is 12.1. The van der Waals surface area contributed by atoms with Gasteiger partial charge in [0.25, 0.3) is 5.91 Å². The normalized spacial score (nSPS) is 25.8. The molecule has 2 atom stereocenters. The van der Waals surface area contributed by atoms with Gasteiger partial charge in [-0.1, -0.05) is 6.07 Å². The van der Waals surface area contributed by atoms with Gasteiger partial charge in [0.1, 0.15) is 0 Å². The number of aliphatic hydroxyl groups excluding tert-OH is 1. The fourth-order valence-corrected chi connectivity index (χ4v) is 2.56. The van der Waals surface area contributed by atoms with Crippen LogP contribution in [0.4, 0.5) is 0 Å². The summed E-state index contributed by atoms with van der Waals surface area (Å²) >= 11 is 1.44. The van der Waals surface area contributed by atoms with Crippen LogP contribution in [0, 0.1) is 0 Å². The SMILES string of the molecule is CC1CN(C(=O)c2cccs2)CC(CO)O1. The second-order valence-electron chi connectivity index (χ2n) is 3.94. The zero-order valence-corrected chi connectivity index (χ0v) is 9.94. The van der Waals surface area contributed by atoms with Gasteiger partial charge in [0.05, 0.1) is 23.7 Å². The second kappa shape index (κ2) is 4.95. The van der Waals surface area contributed by atoms with Crippen LogP contribution in [0.3, 0.4) is 0 Å². The van der Waals surface area contributed by atoms with Crippen LogP contribution in [-0.2, 0) is 4.74 Å². The van der Waals surface area contributed by atoms with E-state index in [-0.39, 0.29) is 24.7 Å². The van der Waals surface area contributed by atoms with Gasteiger partial charge in [-0.2, -0.15) is 0 Å².